The second-order valence-electron chi connectivity index (χ2n) is 8.99. The number of aromatic nitrogens is 1. The lowest BCUT2D eigenvalue weighted by molar-refractivity contribution is -0.137. The number of amides is 2. The van der Waals surface area contributed by atoms with Gasteiger partial charge in [-0.1, -0.05) is 18.2 Å². The van der Waals surface area contributed by atoms with Crippen molar-refractivity contribution < 1.29 is 28.5 Å². The Morgan fingerprint density at radius 2 is 1.55 bits per heavy atom. The highest BCUT2D eigenvalue weighted by molar-refractivity contribution is 6.19. The van der Waals surface area contributed by atoms with E-state index in [4.69, 9.17) is 18.9 Å². The Bertz CT molecular complexity index is 1540. The molecule has 4 aromatic rings. The number of anilines is 2. The molecule has 1 saturated heterocycles. The molecular formula is C29H29N3O6. The first-order valence-corrected chi connectivity index (χ1v) is 12.0. The van der Waals surface area contributed by atoms with Gasteiger partial charge >= 0.3 is 0 Å². The molecule has 1 aromatic heterocycles. The number of aryl methyl sites for hydroxylation is 1. The maximum absolute atomic E-state index is 14.5. The van der Waals surface area contributed by atoms with Crippen LogP contribution in [0.1, 0.15) is 17.7 Å². The van der Waals surface area contributed by atoms with Crippen molar-refractivity contribution in [3.63, 3.8) is 0 Å². The molecule has 1 unspecified atom stereocenters. The molecule has 2 N–H and O–H groups in total. The fourth-order valence-electron chi connectivity index (χ4n) is 5.25. The summed E-state index contributed by atoms with van der Waals surface area (Å²) in [4.78, 5) is 32.8. The monoisotopic (exact) mass is 515 g/mol. The summed E-state index contributed by atoms with van der Waals surface area (Å²) in [6.07, 6.45) is -0.0475. The van der Waals surface area contributed by atoms with Crippen molar-refractivity contribution in [2.45, 2.75) is 18.9 Å². The molecule has 2 amide bonds. The average Bonchev–Trinajstić information content (AvgIpc) is 3.26. The Kier molecular flexibility index (Phi) is 6.36. The molecule has 0 saturated carbocycles. The lowest BCUT2D eigenvalue weighted by Gasteiger charge is -2.51. The number of hydrogen-bond acceptors (Lipinski definition) is 6. The van der Waals surface area contributed by atoms with Gasteiger partial charge < -0.3 is 29.2 Å². The van der Waals surface area contributed by atoms with Crippen LogP contribution in [-0.2, 0) is 15.1 Å². The number of nitrogens with zero attached hydrogens (tertiary/aromatic N) is 1. The van der Waals surface area contributed by atoms with Crippen molar-refractivity contribution >= 4 is 34.1 Å². The van der Waals surface area contributed by atoms with E-state index < -0.39 is 11.4 Å². The third-order valence-corrected chi connectivity index (χ3v) is 7.00. The summed E-state index contributed by atoms with van der Waals surface area (Å²) in [7, 11) is 6.14. The van der Waals surface area contributed by atoms with E-state index in [0.717, 1.165) is 16.6 Å². The molecule has 0 aliphatic carbocycles. The van der Waals surface area contributed by atoms with Gasteiger partial charge in [0, 0.05) is 34.3 Å². The maximum Gasteiger partial charge on any atom is 0.256 e. The standard InChI is InChI=1S/C29H29N3O6/c1-17-27(20-8-6-7-9-21(20)30-17)29(28(34)31-22-14-18(35-2)10-12-24(22)37-4)16-26(33)32(29)23-15-19(36-3)11-13-25(23)38-5/h6-15,30H,16H2,1-5H3,(H,31,34). The largest absolute Gasteiger partial charge is 0.497 e. The summed E-state index contributed by atoms with van der Waals surface area (Å²) >= 11 is 0. The van der Waals surface area contributed by atoms with E-state index in [1.54, 1.807) is 50.6 Å². The van der Waals surface area contributed by atoms with E-state index in [2.05, 4.69) is 10.3 Å². The molecule has 1 fully saturated rings. The van der Waals surface area contributed by atoms with Gasteiger partial charge in [-0.05, 0) is 37.3 Å². The fraction of sp³-hybridized carbons (Fsp3) is 0.241. The summed E-state index contributed by atoms with van der Waals surface area (Å²) in [5, 5.41) is 3.87. The number of hydrogen-bond donors (Lipinski definition) is 2. The number of ether oxygens (including phenoxy) is 4. The molecule has 38 heavy (non-hydrogen) atoms. The Hall–Kier alpha value is -4.66. The topological polar surface area (TPSA) is 102 Å². The number of benzene rings is 3. The number of carbonyl (C=O) groups is 2. The normalized spacial score (nSPS) is 16.7. The molecule has 0 bridgehead atoms. The van der Waals surface area contributed by atoms with Gasteiger partial charge in [-0.25, -0.2) is 0 Å². The molecule has 196 valence electrons. The van der Waals surface area contributed by atoms with E-state index in [1.165, 1.54) is 19.1 Å². The molecule has 9 nitrogen and oxygen atoms in total. The van der Waals surface area contributed by atoms with Crippen LogP contribution in [-0.4, -0.2) is 45.2 Å². The third-order valence-electron chi connectivity index (χ3n) is 7.00. The molecule has 0 spiro atoms. The quantitative estimate of drug-likeness (QED) is 0.328. The summed E-state index contributed by atoms with van der Waals surface area (Å²) in [5.74, 6) is 1.35. The van der Waals surface area contributed by atoms with E-state index in [9.17, 15) is 9.59 Å². The molecule has 0 radical (unpaired) electrons. The Morgan fingerprint density at radius 3 is 2.21 bits per heavy atom. The molecule has 9 heteroatoms. The molecule has 1 aliphatic rings. The fourth-order valence-corrected chi connectivity index (χ4v) is 5.25. The van der Waals surface area contributed by atoms with E-state index in [0.29, 0.717) is 39.9 Å². The van der Waals surface area contributed by atoms with Crippen molar-refractivity contribution in [3.8, 4) is 23.0 Å². The molecule has 5 rings (SSSR count). The zero-order valence-electron chi connectivity index (χ0n) is 21.9. The number of rotatable bonds is 8. The number of methoxy groups -OCH3 is 4. The van der Waals surface area contributed by atoms with Crippen LogP contribution in [0.15, 0.2) is 60.7 Å². The van der Waals surface area contributed by atoms with Crippen molar-refractivity contribution in [3.05, 3.63) is 71.9 Å². The average molecular weight is 516 g/mol. The SMILES string of the molecule is COc1ccc(OC)c(NC(=O)C2(c3c(C)[nH]c4ccccc34)CC(=O)N2c2cc(OC)ccc2OC)c1. The summed E-state index contributed by atoms with van der Waals surface area (Å²) in [5.41, 5.74) is 1.80. The lowest BCUT2D eigenvalue weighted by atomic mass is 9.74. The number of nitrogens with one attached hydrogen (secondary N) is 2. The minimum absolute atomic E-state index is 0.0475. The van der Waals surface area contributed by atoms with Crippen LogP contribution in [0.3, 0.4) is 0 Å². The van der Waals surface area contributed by atoms with E-state index in [1.807, 2.05) is 31.2 Å². The highest BCUT2D eigenvalue weighted by Gasteiger charge is 2.61. The number of aromatic amines is 1. The van der Waals surface area contributed by atoms with Gasteiger partial charge in [0.05, 0.1) is 46.2 Å². The molecule has 3 aromatic carbocycles. The van der Waals surface area contributed by atoms with Crippen LogP contribution in [0.25, 0.3) is 10.9 Å². The van der Waals surface area contributed by atoms with Crippen LogP contribution in [0.4, 0.5) is 11.4 Å². The van der Waals surface area contributed by atoms with Gasteiger partial charge in [0.2, 0.25) is 5.91 Å². The third kappa shape index (κ3) is 3.78. The Labute approximate surface area is 220 Å². The second-order valence-corrected chi connectivity index (χ2v) is 8.99. The molecule has 1 aliphatic heterocycles. The van der Waals surface area contributed by atoms with Crippen LogP contribution in [0, 0.1) is 6.92 Å². The van der Waals surface area contributed by atoms with Gasteiger partial charge in [0.15, 0.2) is 5.54 Å². The number of fused-ring (bicyclic) bond motifs is 1. The molecule has 2 heterocycles. The van der Waals surface area contributed by atoms with Gasteiger partial charge in [-0.15, -0.1) is 0 Å². The van der Waals surface area contributed by atoms with Gasteiger partial charge in [-0.2, -0.15) is 0 Å². The van der Waals surface area contributed by atoms with E-state index >= 15 is 0 Å². The minimum Gasteiger partial charge on any atom is -0.497 e. The zero-order valence-corrected chi connectivity index (χ0v) is 21.9. The van der Waals surface area contributed by atoms with Crippen molar-refractivity contribution in [2.75, 3.05) is 38.7 Å². The minimum atomic E-state index is -1.39. The maximum atomic E-state index is 14.5. The van der Waals surface area contributed by atoms with Crippen molar-refractivity contribution in [2.24, 2.45) is 0 Å². The van der Waals surface area contributed by atoms with Crippen LogP contribution in [0.2, 0.25) is 0 Å². The van der Waals surface area contributed by atoms with Crippen LogP contribution >= 0.6 is 0 Å². The number of H-pyrrole nitrogens is 1. The highest BCUT2D eigenvalue weighted by atomic mass is 16.5. The van der Waals surface area contributed by atoms with Crippen molar-refractivity contribution in [1.29, 1.82) is 0 Å². The van der Waals surface area contributed by atoms with Gasteiger partial charge in [-0.3, -0.25) is 14.5 Å². The zero-order chi connectivity index (χ0) is 27.0. The predicted molar refractivity (Wildman–Crippen MR) is 145 cm³/mol. The lowest BCUT2D eigenvalue weighted by Crippen LogP contribution is -2.67. The summed E-state index contributed by atoms with van der Waals surface area (Å²) < 4.78 is 21.9. The van der Waals surface area contributed by atoms with Crippen LogP contribution in [0.5, 0.6) is 23.0 Å². The summed E-state index contributed by atoms with van der Waals surface area (Å²) in [6.45, 7) is 1.90. The summed E-state index contributed by atoms with van der Waals surface area (Å²) in [6, 6.07) is 18.0. The smallest absolute Gasteiger partial charge is 0.256 e. The predicted octanol–water partition coefficient (Wildman–Crippen LogP) is 4.78. The first-order valence-electron chi connectivity index (χ1n) is 12.0. The van der Waals surface area contributed by atoms with Gasteiger partial charge in [0.25, 0.3) is 5.91 Å². The van der Waals surface area contributed by atoms with Crippen LogP contribution < -0.4 is 29.2 Å². The number of carbonyl (C=O) groups excluding carboxylic acids is 2. The first kappa shape index (κ1) is 25.0. The number of para-hydroxylation sites is 1. The Morgan fingerprint density at radius 1 is 0.895 bits per heavy atom. The highest BCUT2D eigenvalue weighted by Crippen LogP contribution is 2.52. The van der Waals surface area contributed by atoms with Crippen molar-refractivity contribution in [1.82, 2.24) is 4.98 Å². The second kappa shape index (κ2) is 9.66. The van der Waals surface area contributed by atoms with E-state index in [-0.39, 0.29) is 12.3 Å². The molecule has 1 atom stereocenters. The van der Waals surface area contributed by atoms with Gasteiger partial charge in [0.1, 0.15) is 23.0 Å². The Balaban J connectivity index is 1.74. The first-order chi connectivity index (χ1) is 18.4. The molecular weight excluding hydrogens is 486 g/mol. The number of β-lactam (4-membered cyclic amide) rings is 1.